The summed E-state index contributed by atoms with van der Waals surface area (Å²) in [4.78, 5) is 37.5. The highest BCUT2D eigenvalue weighted by Gasteiger charge is 2.56. The largest absolute Gasteiger partial charge is 0.465 e. The summed E-state index contributed by atoms with van der Waals surface area (Å²) < 4.78 is 16.8. The van der Waals surface area contributed by atoms with Crippen molar-refractivity contribution in [2.45, 2.75) is 85.9 Å². The summed E-state index contributed by atoms with van der Waals surface area (Å²) >= 11 is 0. The molecule has 2 bridgehead atoms. The molecule has 5 atom stereocenters. The quantitative estimate of drug-likeness (QED) is 0.334. The Hall–Kier alpha value is -1.59. The molecule has 1 heterocycles. The van der Waals surface area contributed by atoms with Crippen molar-refractivity contribution in [3.63, 3.8) is 0 Å². The van der Waals surface area contributed by atoms with Gasteiger partial charge in [0.15, 0.2) is 6.10 Å². The second-order valence-electron chi connectivity index (χ2n) is 9.32. The van der Waals surface area contributed by atoms with Crippen molar-refractivity contribution < 1.29 is 28.6 Å². The molecule has 0 aromatic carbocycles. The smallest absolute Gasteiger partial charge is 0.312 e. The van der Waals surface area contributed by atoms with Crippen LogP contribution in [-0.4, -0.2) is 36.7 Å². The first-order chi connectivity index (χ1) is 13.1. The molecule has 1 aliphatic heterocycles. The number of hydrogen-bond donors (Lipinski definition) is 0. The van der Waals surface area contributed by atoms with Crippen molar-refractivity contribution in [1.29, 1.82) is 0 Å². The molecule has 5 unspecified atom stereocenters. The molecule has 160 valence electrons. The molecule has 2 rings (SSSR count). The Kier molecular flexibility index (Phi) is 7.52. The molecule has 1 saturated carbocycles. The lowest BCUT2D eigenvalue weighted by Gasteiger charge is -2.37. The van der Waals surface area contributed by atoms with Gasteiger partial charge in [0.05, 0.1) is 24.4 Å². The fourth-order valence-corrected chi connectivity index (χ4v) is 4.33. The van der Waals surface area contributed by atoms with Crippen LogP contribution in [0.25, 0.3) is 0 Å². The molecule has 0 aromatic rings. The summed E-state index contributed by atoms with van der Waals surface area (Å²) in [5, 5.41) is 0. The number of carbonyl (C=O) groups is 3. The highest BCUT2D eigenvalue weighted by atomic mass is 16.6. The van der Waals surface area contributed by atoms with Gasteiger partial charge in [0.1, 0.15) is 6.10 Å². The second kappa shape index (κ2) is 9.27. The zero-order chi connectivity index (χ0) is 21.1. The average Bonchev–Trinajstić information content (AvgIpc) is 2.81. The van der Waals surface area contributed by atoms with Crippen LogP contribution in [0.1, 0.15) is 73.6 Å². The molecule has 6 nitrogen and oxygen atoms in total. The van der Waals surface area contributed by atoms with E-state index < -0.39 is 23.5 Å². The van der Waals surface area contributed by atoms with Crippen LogP contribution in [0.4, 0.5) is 0 Å². The maximum Gasteiger partial charge on any atom is 0.312 e. The lowest BCUT2D eigenvalue weighted by Crippen LogP contribution is -2.47. The van der Waals surface area contributed by atoms with E-state index in [2.05, 4.69) is 13.8 Å². The van der Waals surface area contributed by atoms with Crippen LogP contribution in [0.5, 0.6) is 0 Å². The molecule has 0 spiro atoms. The molecule has 6 heteroatoms. The van der Waals surface area contributed by atoms with E-state index in [9.17, 15) is 14.4 Å². The van der Waals surface area contributed by atoms with Gasteiger partial charge in [0.25, 0.3) is 0 Å². The Balaban J connectivity index is 2.13. The van der Waals surface area contributed by atoms with Crippen LogP contribution >= 0.6 is 0 Å². The number of hydrogen-bond acceptors (Lipinski definition) is 6. The Labute approximate surface area is 168 Å². The van der Waals surface area contributed by atoms with E-state index in [-0.39, 0.29) is 36.2 Å². The Morgan fingerprint density at radius 2 is 1.93 bits per heavy atom. The Morgan fingerprint density at radius 1 is 1.25 bits per heavy atom. The number of ether oxygens (including phenoxy) is 3. The second-order valence-corrected chi connectivity index (χ2v) is 9.32. The normalized spacial score (nSPS) is 28.8. The van der Waals surface area contributed by atoms with E-state index in [0.29, 0.717) is 25.4 Å². The summed E-state index contributed by atoms with van der Waals surface area (Å²) in [6.45, 7) is 12.5. The molecule has 0 amide bonds. The SMILES string of the molecule is CCCCOC(=O)C1CC2CC(=O)OC1C2OC(=O)C(C)(CC(C)C)C(C)C. The fraction of sp³-hybridized carbons (Fsp3) is 0.864. The molecule has 1 aliphatic carbocycles. The van der Waals surface area contributed by atoms with Gasteiger partial charge in [0, 0.05) is 5.92 Å². The van der Waals surface area contributed by atoms with Gasteiger partial charge >= 0.3 is 17.9 Å². The van der Waals surface area contributed by atoms with E-state index in [0.717, 1.165) is 12.8 Å². The molecule has 28 heavy (non-hydrogen) atoms. The summed E-state index contributed by atoms with van der Waals surface area (Å²) in [5.74, 6) is -1.24. The number of rotatable bonds is 9. The first-order valence-electron chi connectivity index (χ1n) is 10.7. The Bertz CT molecular complexity index is 584. The number of carbonyl (C=O) groups excluding carboxylic acids is 3. The van der Waals surface area contributed by atoms with Gasteiger partial charge in [-0.15, -0.1) is 0 Å². The molecular formula is C22H36O6. The van der Waals surface area contributed by atoms with Crippen molar-refractivity contribution >= 4 is 17.9 Å². The maximum atomic E-state index is 13.1. The van der Waals surface area contributed by atoms with Gasteiger partial charge in [-0.1, -0.05) is 41.0 Å². The molecule has 2 fully saturated rings. The minimum atomic E-state index is -0.736. The number of fused-ring (bicyclic) bond motifs is 2. The fourth-order valence-electron chi connectivity index (χ4n) is 4.33. The number of esters is 3. The third-order valence-corrected chi connectivity index (χ3v) is 6.30. The van der Waals surface area contributed by atoms with Crippen LogP contribution in [-0.2, 0) is 28.6 Å². The van der Waals surface area contributed by atoms with Gasteiger partial charge in [0.2, 0.25) is 0 Å². The maximum absolute atomic E-state index is 13.1. The molecule has 0 N–H and O–H groups in total. The average molecular weight is 397 g/mol. The van der Waals surface area contributed by atoms with Gasteiger partial charge in [-0.2, -0.15) is 0 Å². The van der Waals surface area contributed by atoms with Crippen LogP contribution < -0.4 is 0 Å². The van der Waals surface area contributed by atoms with Crippen LogP contribution in [0, 0.1) is 29.1 Å². The van der Waals surface area contributed by atoms with E-state index in [1.54, 1.807) is 0 Å². The summed E-state index contributed by atoms with van der Waals surface area (Å²) in [7, 11) is 0. The lowest BCUT2D eigenvalue weighted by atomic mass is 9.73. The van der Waals surface area contributed by atoms with E-state index in [4.69, 9.17) is 14.2 Å². The summed E-state index contributed by atoms with van der Waals surface area (Å²) in [5.41, 5.74) is -0.619. The molecule has 1 saturated heterocycles. The van der Waals surface area contributed by atoms with Gasteiger partial charge in [-0.05, 0) is 38.0 Å². The van der Waals surface area contributed by atoms with Gasteiger partial charge < -0.3 is 14.2 Å². The minimum Gasteiger partial charge on any atom is -0.465 e. The van der Waals surface area contributed by atoms with Gasteiger partial charge in [-0.25, -0.2) is 0 Å². The zero-order valence-electron chi connectivity index (χ0n) is 18.2. The van der Waals surface area contributed by atoms with E-state index in [1.165, 1.54) is 0 Å². The molecule has 0 aromatic heterocycles. The Morgan fingerprint density at radius 3 is 2.50 bits per heavy atom. The van der Waals surface area contributed by atoms with Crippen LogP contribution in [0.2, 0.25) is 0 Å². The standard InChI is InChI=1S/C22H36O6/c1-7-8-9-26-20(24)16-10-15-11-17(23)27-19(16)18(15)28-21(25)22(6,14(4)5)12-13(2)3/h13-16,18-19H,7-12H2,1-6H3. The van der Waals surface area contributed by atoms with Crippen molar-refractivity contribution in [3.8, 4) is 0 Å². The molecule has 0 radical (unpaired) electrons. The van der Waals surface area contributed by atoms with Crippen molar-refractivity contribution in [3.05, 3.63) is 0 Å². The minimum absolute atomic E-state index is 0.112. The monoisotopic (exact) mass is 396 g/mol. The van der Waals surface area contributed by atoms with Crippen LogP contribution in [0.3, 0.4) is 0 Å². The molecule has 2 aliphatic rings. The highest BCUT2D eigenvalue weighted by molar-refractivity contribution is 5.80. The first kappa shape index (κ1) is 22.7. The molecular weight excluding hydrogens is 360 g/mol. The van der Waals surface area contributed by atoms with E-state index >= 15 is 0 Å². The zero-order valence-corrected chi connectivity index (χ0v) is 18.2. The number of unbranched alkanes of at least 4 members (excludes halogenated alkanes) is 1. The van der Waals surface area contributed by atoms with E-state index in [1.807, 2.05) is 27.7 Å². The predicted octanol–water partition coefficient (Wildman–Crippen LogP) is 3.90. The third-order valence-electron chi connectivity index (χ3n) is 6.30. The lowest BCUT2D eigenvalue weighted by molar-refractivity contribution is -0.190. The third kappa shape index (κ3) is 4.87. The summed E-state index contributed by atoms with van der Waals surface area (Å²) in [6, 6.07) is 0. The van der Waals surface area contributed by atoms with Gasteiger partial charge in [-0.3, -0.25) is 14.4 Å². The highest BCUT2D eigenvalue weighted by Crippen LogP contribution is 2.44. The van der Waals surface area contributed by atoms with Crippen molar-refractivity contribution in [1.82, 2.24) is 0 Å². The van der Waals surface area contributed by atoms with Crippen LogP contribution in [0.15, 0.2) is 0 Å². The summed E-state index contributed by atoms with van der Waals surface area (Å²) in [6.07, 6.45) is 1.78. The topological polar surface area (TPSA) is 78.9 Å². The van der Waals surface area contributed by atoms with Crippen molar-refractivity contribution in [2.75, 3.05) is 6.61 Å². The first-order valence-corrected chi connectivity index (χ1v) is 10.7. The van der Waals surface area contributed by atoms with Crippen molar-refractivity contribution in [2.24, 2.45) is 29.1 Å². The predicted molar refractivity (Wildman–Crippen MR) is 104 cm³/mol.